The molecular weight excluding hydrogens is 427 g/mol. The normalized spacial score (nSPS) is 11.0. The number of para-hydroxylation sites is 2. The average molecular weight is 445 g/mol. The molecule has 0 bridgehead atoms. The number of sulfonamides is 1. The van der Waals surface area contributed by atoms with E-state index in [0.717, 1.165) is 0 Å². The Bertz CT molecular complexity index is 1180. The second kappa shape index (κ2) is 9.11. The van der Waals surface area contributed by atoms with E-state index in [-0.39, 0.29) is 27.7 Å². The molecule has 3 aromatic carbocycles. The van der Waals surface area contributed by atoms with Crippen LogP contribution in [0, 0.1) is 5.82 Å². The van der Waals surface area contributed by atoms with Crippen LogP contribution in [-0.2, 0) is 10.0 Å². The zero-order valence-corrected chi connectivity index (χ0v) is 17.3. The standard InChI is InChI=1S/C22H18ClFN2O3S/c1-2-14-26(16-8-4-3-5-9-16)30(28,29)17-12-13-19(23)18(15-17)22(27)25-21-11-7-6-10-20(21)24/h2-13,15H,1,14H2,(H,25,27). The summed E-state index contributed by atoms with van der Waals surface area (Å²) in [5.41, 5.74) is 0.321. The van der Waals surface area contributed by atoms with E-state index >= 15 is 0 Å². The first kappa shape index (κ1) is 21.5. The number of carbonyl (C=O) groups is 1. The number of anilines is 2. The molecule has 0 heterocycles. The molecule has 1 amide bonds. The van der Waals surface area contributed by atoms with Crippen molar-refractivity contribution in [1.29, 1.82) is 0 Å². The highest BCUT2D eigenvalue weighted by atomic mass is 35.5. The number of nitrogens with zero attached hydrogens (tertiary/aromatic N) is 1. The van der Waals surface area contributed by atoms with Gasteiger partial charge in [-0.25, -0.2) is 12.8 Å². The number of amides is 1. The SMILES string of the molecule is C=CCN(c1ccccc1)S(=O)(=O)c1ccc(Cl)c(C(=O)Nc2ccccc2F)c1. The molecular formula is C22H18ClFN2O3S. The van der Waals surface area contributed by atoms with Gasteiger partial charge in [0.15, 0.2) is 0 Å². The third-order valence-corrected chi connectivity index (χ3v) is 6.35. The monoisotopic (exact) mass is 444 g/mol. The second-order valence-corrected chi connectivity index (χ2v) is 8.51. The number of hydrogen-bond donors (Lipinski definition) is 1. The number of carbonyl (C=O) groups excluding carboxylic acids is 1. The van der Waals surface area contributed by atoms with Crippen LogP contribution in [0.4, 0.5) is 15.8 Å². The Hall–Kier alpha value is -3.16. The lowest BCUT2D eigenvalue weighted by Gasteiger charge is -2.23. The van der Waals surface area contributed by atoms with Gasteiger partial charge in [0.1, 0.15) is 5.82 Å². The summed E-state index contributed by atoms with van der Waals surface area (Å²) in [5, 5.41) is 2.45. The van der Waals surface area contributed by atoms with Gasteiger partial charge in [-0.1, -0.05) is 48.0 Å². The number of hydrogen-bond acceptors (Lipinski definition) is 3. The minimum atomic E-state index is -4.02. The van der Waals surface area contributed by atoms with Gasteiger partial charge in [0, 0.05) is 0 Å². The zero-order valence-electron chi connectivity index (χ0n) is 15.8. The molecule has 1 N–H and O–H groups in total. The first-order chi connectivity index (χ1) is 14.3. The largest absolute Gasteiger partial charge is 0.319 e. The Morgan fingerprint density at radius 2 is 1.73 bits per heavy atom. The maximum atomic E-state index is 13.9. The maximum Gasteiger partial charge on any atom is 0.264 e. The lowest BCUT2D eigenvalue weighted by molar-refractivity contribution is 0.102. The van der Waals surface area contributed by atoms with E-state index in [4.69, 9.17) is 11.6 Å². The van der Waals surface area contributed by atoms with E-state index in [9.17, 15) is 17.6 Å². The van der Waals surface area contributed by atoms with Crippen molar-refractivity contribution in [2.75, 3.05) is 16.2 Å². The molecule has 0 fully saturated rings. The molecule has 0 saturated carbocycles. The summed E-state index contributed by atoms with van der Waals surface area (Å²) in [5.74, 6) is -1.34. The minimum absolute atomic E-state index is 0.0335. The van der Waals surface area contributed by atoms with Crippen LogP contribution in [0.1, 0.15) is 10.4 Å². The van der Waals surface area contributed by atoms with Gasteiger partial charge in [-0.15, -0.1) is 6.58 Å². The van der Waals surface area contributed by atoms with Crippen LogP contribution in [-0.4, -0.2) is 20.9 Å². The number of halogens is 2. The number of rotatable bonds is 7. The van der Waals surface area contributed by atoms with E-state index in [1.54, 1.807) is 36.4 Å². The van der Waals surface area contributed by atoms with Gasteiger partial charge >= 0.3 is 0 Å². The van der Waals surface area contributed by atoms with E-state index in [1.165, 1.54) is 46.8 Å². The fraction of sp³-hybridized carbons (Fsp3) is 0.0455. The quantitative estimate of drug-likeness (QED) is 0.515. The predicted molar refractivity (Wildman–Crippen MR) is 117 cm³/mol. The Morgan fingerprint density at radius 1 is 1.07 bits per heavy atom. The van der Waals surface area contributed by atoms with Crippen LogP contribution in [0.5, 0.6) is 0 Å². The second-order valence-electron chi connectivity index (χ2n) is 6.24. The van der Waals surface area contributed by atoms with Crippen molar-refractivity contribution in [3.63, 3.8) is 0 Å². The molecule has 3 rings (SSSR count). The molecule has 0 aliphatic heterocycles. The van der Waals surface area contributed by atoms with Gasteiger partial charge in [-0.3, -0.25) is 9.10 Å². The summed E-state index contributed by atoms with van der Waals surface area (Å²) in [6, 6.07) is 18.0. The van der Waals surface area contributed by atoms with Gasteiger partial charge in [0.05, 0.1) is 33.4 Å². The third-order valence-electron chi connectivity index (χ3n) is 4.23. The fourth-order valence-corrected chi connectivity index (χ4v) is 4.44. The summed E-state index contributed by atoms with van der Waals surface area (Å²) in [7, 11) is -4.02. The topological polar surface area (TPSA) is 66.5 Å². The van der Waals surface area contributed by atoms with Crippen molar-refractivity contribution < 1.29 is 17.6 Å². The fourth-order valence-electron chi connectivity index (χ4n) is 2.77. The molecule has 0 aliphatic rings. The van der Waals surface area contributed by atoms with Gasteiger partial charge < -0.3 is 5.32 Å². The van der Waals surface area contributed by atoms with Gasteiger partial charge in [0.2, 0.25) is 0 Å². The smallest absolute Gasteiger partial charge is 0.264 e. The average Bonchev–Trinajstić information content (AvgIpc) is 2.74. The van der Waals surface area contributed by atoms with Crippen molar-refractivity contribution in [2.45, 2.75) is 4.90 Å². The lowest BCUT2D eigenvalue weighted by atomic mass is 10.2. The minimum Gasteiger partial charge on any atom is -0.319 e. The van der Waals surface area contributed by atoms with Crippen LogP contribution in [0.3, 0.4) is 0 Å². The molecule has 0 unspecified atom stereocenters. The van der Waals surface area contributed by atoms with E-state index in [0.29, 0.717) is 5.69 Å². The Balaban J connectivity index is 1.99. The van der Waals surface area contributed by atoms with Crippen LogP contribution >= 0.6 is 11.6 Å². The van der Waals surface area contributed by atoms with E-state index in [2.05, 4.69) is 11.9 Å². The molecule has 154 valence electrons. The molecule has 0 radical (unpaired) electrons. The first-order valence-electron chi connectivity index (χ1n) is 8.88. The molecule has 8 heteroatoms. The van der Waals surface area contributed by atoms with Crippen LogP contribution in [0.15, 0.2) is 90.3 Å². The Morgan fingerprint density at radius 3 is 2.40 bits per heavy atom. The molecule has 0 aromatic heterocycles. The van der Waals surface area contributed by atoms with Crippen LogP contribution in [0.2, 0.25) is 5.02 Å². The highest BCUT2D eigenvalue weighted by Crippen LogP contribution is 2.27. The molecule has 0 spiro atoms. The van der Waals surface area contributed by atoms with Crippen molar-refractivity contribution in [1.82, 2.24) is 0 Å². The zero-order chi connectivity index (χ0) is 21.7. The summed E-state index contributed by atoms with van der Waals surface area (Å²) in [6.07, 6.45) is 1.46. The van der Waals surface area contributed by atoms with Gasteiger partial charge in [-0.05, 0) is 42.5 Å². The van der Waals surface area contributed by atoms with Crippen molar-refractivity contribution >= 4 is 38.9 Å². The Kier molecular flexibility index (Phi) is 6.54. The predicted octanol–water partition coefficient (Wildman–Crippen LogP) is 5.11. The lowest BCUT2D eigenvalue weighted by Crippen LogP contribution is -2.31. The third kappa shape index (κ3) is 4.53. The molecule has 0 atom stereocenters. The summed E-state index contributed by atoms with van der Waals surface area (Å²) in [4.78, 5) is 12.5. The van der Waals surface area contributed by atoms with Gasteiger partial charge in [-0.2, -0.15) is 0 Å². The van der Waals surface area contributed by atoms with Crippen LogP contribution < -0.4 is 9.62 Å². The number of nitrogens with one attached hydrogen (secondary N) is 1. The van der Waals surface area contributed by atoms with Crippen molar-refractivity contribution in [2.24, 2.45) is 0 Å². The molecule has 30 heavy (non-hydrogen) atoms. The molecule has 0 aliphatic carbocycles. The Labute approximate surface area is 179 Å². The van der Waals surface area contributed by atoms with Crippen molar-refractivity contribution in [3.8, 4) is 0 Å². The molecule has 5 nitrogen and oxygen atoms in total. The summed E-state index contributed by atoms with van der Waals surface area (Å²) in [6.45, 7) is 3.65. The maximum absolute atomic E-state index is 13.9. The van der Waals surface area contributed by atoms with Gasteiger partial charge in [0.25, 0.3) is 15.9 Å². The van der Waals surface area contributed by atoms with E-state index in [1.807, 2.05) is 0 Å². The van der Waals surface area contributed by atoms with Crippen LogP contribution in [0.25, 0.3) is 0 Å². The highest BCUT2D eigenvalue weighted by molar-refractivity contribution is 7.92. The van der Waals surface area contributed by atoms with Crippen molar-refractivity contribution in [3.05, 3.63) is 102 Å². The number of benzene rings is 3. The summed E-state index contributed by atoms with van der Waals surface area (Å²) < 4.78 is 41.6. The first-order valence-corrected chi connectivity index (χ1v) is 10.7. The summed E-state index contributed by atoms with van der Waals surface area (Å²) >= 11 is 6.13. The molecule has 0 saturated heterocycles. The highest BCUT2D eigenvalue weighted by Gasteiger charge is 2.26. The molecule has 3 aromatic rings. The van der Waals surface area contributed by atoms with E-state index < -0.39 is 21.7 Å².